The highest BCUT2D eigenvalue weighted by atomic mass is 79.9. The summed E-state index contributed by atoms with van der Waals surface area (Å²) in [4.78, 5) is 8.34. The van der Waals surface area contributed by atoms with Gasteiger partial charge in [0.05, 0.1) is 6.04 Å². The van der Waals surface area contributed by atoms with Gasteiger partial charge in [-0.1, -0.05) is 0 Å². The molecular formula is C11H11BrFN3S. The molecule has 1 N–H and O–H groups in total. The van der Waals surface area contributed by atoms with E-state index < -0.39 is 0 Å². The molecule has 3 nitrogen and oxygen atoms in total. The molecule has 2 heterocycles. The number of rotatable bonds is 3. The van der Waals surface area contributed by atoms with Crippen molar-refractivity contribution >= 4 is 33.1 Å². The number of halogens is 2. The zero-order chi connectivity index (χ0) is 12.4. The molecule has 90 valence electrons. The summed E-state index contributed by atoms with van der Waals surface area (Å²) in [6, 6.07) is 1.33. The van der Waals surface area contributed by atoms with Gasteiger partial charge in [0, 0.05) is 21.7 Å². The molecule has 2 aromatic rings. The van der Waals surface area contributed by atoms with Crippen molar-refractivity contribution < 1.29 is 4.39 Å². The van der Waals surface area contributed by atoms with E-state index in [4.69, 9.17) is 0 Å². The van der Waals surface area contributed by atoms with Crippen molar-refractivity contribution in [3.8, 4) is 0 Å². The van der Waals surface area contributed by atoms with Crippen LogP contribution in [0.3, 0.4) is 0 Å². The fraction of sp³-hybridized carbons (Fsp3) is 0.273. The van der Waals surface area contributed by atoms with Crippen LogP contribution in [0, 0.1) is 12.7 Å². The molecule has 0 aromatic carbocycles. The molecule has 0 aliphatic heterocycles. The highest BCUT2D eigenvalue weighted by Gasteiger charge is 2.12. The van der Waals surface area contributed by atoms with Crippen LogP contribution in [0.25, 0.3) is 0 Å². The van der Waals surface area contributed by atoms with Crippen molar-refractivity contribution in [2.75, 3.05) is 5.32 Å². The maximum absolute atomic E-state index is 13.6. The number of thiazole rings is 1. The minimum Gasteiger partial charge on any atom is -0.359 e. The zero-order valence-corrected chi connectivity index (χ0v) is 11.8. The molecule has 2 rings (SSSR count). The first-order valence-electron chi connectivity index (χ1n) is 5.06. The average Bonchev–Trinajstić information content (AvgIpc) is 2.69. The van der Waals surface area contributed by atoms with Crippen molar-refractivity contribution in [3.63, 3.8) is 0 Å². The van der Waals surface area contributed by atoms with Gasteiger partial charge in [-0.3, -0.25) is 0 Å². The molecule has 17 heavy (non-hydrogen) atoms. The molecule has 6 heteroatoms. The lowest BCUT2D eigenvalue weighted by molar-refractivity contribution is 0.620. The molecule has 0 bridgehead atoms. The van der Waals surface area contributed by atoms with Crippen LogP contribution in [0.4, 0.5) is 10.2 Å². The smallest absolute Gasteiger partial charge is 0.166 e. The number of hydrogen-bond acceptors (Lipinski definition) is 4. The number of anilines is 1. The number of hydrogen-bond donors (Lipinski definition) is 1. The van der Waals surface area contributed by atoms with Crippen molar-refractivity contribution in [1.29, 1.82) is 0 Å². The van der Waals surface area contributed by atoms with Crippen molar-refractivity contribution in [1.82, 2.24) is 9.97 Å². The van der Waals surface area contributed by atoms with E-state index in [-0.39, 0.29) is 17.7 Å². The Labute approximate surface area is 111 Å². The van der Waals surface area contributed by atoms with E-state index in [0.29, 0.717) is 4.47 Å². The zero-order valence-electron chi connectivity index (χ0n) is 9.37. The molecule has 0 saturated carbocycles. The highest BCUT2D eigenvalue weighted by Crippen LogP contribution is 2.23. The lowest BCUT2D eigenvalue weighted by Crippen LogP contribution is -2.09. The Kier molecular flexibility index (Phi) is 3.73. The number of aromatic nitrogens is 2. The molecule has 0 saturated heterocycles. The number of nitrogens with one attached hydrogen (secondary N) is 1. The van der Waals surface area contributed by atoms with E-state index >= 15 is 0 Å². The fourth-order valence-electron chi connectivity index (χ4n) is 1.36. The molecule has 0 aliphatic rings. The molecular weight excluding hydrogens is 305 g/mol. The topological polar surface area (TPSA) is 37.8 Å². The van der Waals surface area contributed by atoms with Gasteiger partial charge in [-0.2, -0.15) is 0 Å². The first-order chi connectivity index (χ1) is 8.06. The molecule has 0 spiro atoms. The van der Waals surface area contributed by atoms with Gasteiger partial charge in [0.15, 0.2) is 11.6 Å². The minimum atomic E-state index is -0.375. The predicted molar refractivity (Wildman–Crippen MR) is 70.8 cm³/mol. The van der Waals surface area contributed by atoms with Crippen LogP contribution in [-0.2, 0) is 0 Å². The monoisotopic (exact) mass is 315 g/mol. The van der Waals surface area contributed by atoms with Gasteiger partial charge in [-0.25, -0.2) is 14.4 Å². The molecule has 0 amide bonds. The summed E-state index contributed by atoms with van der Waals surface area (Å²) in [5.41, 5.74) is 0.975. The third-order valence-corrected chi connectivity index (χ3v) is 3.75. The van der Waals surface area contributed by atoms with Crippen LogP contribution in [0.5, 0.6) is 0 Å². The Morgan fingerprint density at radius 3 is 2.88 bits per heavy atom. The van der Waals surface area contributed by atoms with E-state index in [0.717, 1.165) is 10.7 Å². The van der Waals surface area contributed by atoms with E-state index in [2.05, 4.69) is 31.2 Å². The van der Waals surface area contributed by atoms with Crippen LogP contribution in [0.15, 0.2) is 22.1 Å². The number of nitrogens with zero attached hydrogens (tertiary/aromatic N) is 2. The summed E-state index contributed by atoms with van der Waals surface area (Å²) in [5.74, 6) is -0.131. The van der Waals surface area contributed by atoms with E-state index in [1.807, 2.05) is 19.2 Å². The molecule has 0 aliphatic carbocycles. The van der Waals surface area contributed by atoms with Gasteiger partial charge in [0.2, 0.25) is 0 Å². The Bertz CT molecular complexity index is 529. The van der Waals surface area contributed by atoms with E-state index in [1.165, 1.54) is 6.07 Å². The maximum Gasteiger partial charge on any atom is 0.166 e. The first-order valence-corrected chi connectivity index (χ1v) is 6.73. The third kappa shape index (κ3) is 3.01. The van der Waals surface area contributed by atoms with Crippen molar-refractivity contribution in [2.24, 2.45) is 0 Å². The molecule has 1 atom stereocenters. The maximum atomic E-state index is 13.6. The summed E-state index contributed by atoms with van der Waals surface area (Å²) in [5, 5.41) is 5.90. The Morgan fingerprint density at radius 1 is 1.53 bits per heavy atom. The summed E-state index contributed by atoms with van der Waals surface area (Å²) in [7, 11) is 0. The standard InChI is InChI=1S/C11H11BrFN3S/c1-6-5-17-11(15-6)7(2)16-10-9(13)3-8(12)4-14-10/h3-5,7H,1-2H3,(H,14,16). The van der Waals surface area contributed by atoms with Gasteiger partial charge in [0.1, 0.15) is 5.01 Å². The molecule has 1 unspecified atom stereocenters. The van der Waals surface area contributed by atoms with Gasteiger partial charge >= 0.3 is 0 Å². The number of aryl methyl sites for hydroxylation is 1. The fourth-order valence-corrected chi connectivity index (χ4v) is 2.47. The normalized spacial score (nSPS) is 12.5. The SMILES string of the molecule is Cc1csc(C(C)Nc2ncc(Br)cc2F)n1. The minimum absolute atomic E-state index is 0.0584. The summed E-state index contributed by atoms with van der Waals surface area (Å²) in [6.07, 6.45) is 1.56. The van der Waals surface area contributed by atoms with E-state index in [1.54, 1.807) is 17.5 Å². The largest absolute Gasteiger partial charge is 0.359 e. The van der Waals surface area contributed by atoms with Crippen molar-refractivity contribution in [2.45, 2.75) is 19.9 Å². The Morgan fingerprint density at radius 2 is 2.29 bits per heavy atom. The molecule has 0 radical (unpaired) electrons. The first kappa shape index (κ1) is 12.4. The quantitative estimate of drug-likeness (QED) is 0.932. The lowest BCUT2D eigenvalue weighted by atomic mass is 10.3. The number of pyridine rings is 1. The van der Waals surface area contributed by atoms with Gasteiger partial charge in [0.25, 0.3) is 0 Å². The van der Waals surface area contributed by atoms with Gasteiger partial charge < -0.3 is 5.32 Å². The molecule has 2 aromatic heterocycles. The van der Waals surface area contributed by atoms with Crippen LogP contribution < -0.4 is 5.32 Å². The summed E-state index contributed by atoms with van der Waals surface area (Å²) >= 11 is 4.72. The van der Waals surface area contributed by atoms with Gasteiger partial charge in [-0.15, -0.1) is 11.3 Å². The average molecular weight is 316 g/mol. The predicted octanol–water partition coefficient (Wildman–Crippen LogP) is 3.92. The Balaban J connectivity index is 2.15. The van der Waals surface area contributed by atoms with Crippen LogP contribution in [0.2, 0.25) is 0 Å². The second kappa shape index (κ2) is 5.10. The Hall–Kier alpha value is -1.01. The van der Waals surface area contributed by atoms with E-state index in [9.17, 15) is 4.39 Å². The van der Waals surface area contributed by atoms with Crippen molar-refractivity contribution in [3.05, 3.63) is 38.6 Å². The van der Waals surface area contributed by atoms with Gasteiger partial charge in [-0.05, 0) is 35.8 Å². The second-order valence-electron chi connectivity index (χ2n) is 3.68. The summed E-state index contributed by atoms with van der Waals surface area (Å²) in [6.45, 7) is 3.87. The highest BCUT2D eigenvalue weighted by molar-refractivity contribution is 9.10. The second-order valence-corrected chi connectivity index (χ2v) is 5.48. The lowest BCUT2D eigenvalue weighted by Gasteiger charge is -2.12. The van der Waals surface area contributed by atoms with Crippen LogP contribution in [-0.4, -0.2) is 9.97 Å². The van der Waals surface area contributed by atoms with Crippen LogP contribution in [0.1, 0.15) is 23.7 Å². The van der Waals surface area contributed by atoms with Crippen LogP contribution >= 0.6 is 27.3 Å². The summed E-state index contributed by atoms with van der Waals surface area (Å²) < 4.78 is 14.2. The third-order valence-electron chi connectivity index (χ3n) is 2.17. The molecule has 0 fully saturated rings.